The first kappa shape index (κ1) is 13.7. The molecule has 3 rings (SSSR count). The second-order valence-electron chi connectivity index (χ2n) is 5.04. The molecule has 0 N–H and O–H groups in total. The number of fused-ring (bicyclic) bond motifs is 1. The summed E-state index contributed by atoms with van der Waals surface area (Å²) in [5, 5.41) is 0. The molecule has 0 bridgehead atoms. The molecule has 2 aromatic carbocycles. The van der Waals surface area contributed by atoms with Crippen LogP contribution in [0.25, 0.3) is 0 Å². The standard InChI is InChI=1S/C16H12F3NO/c1-10-3-2-4-13-14(10)9-20(15(13)21)12-7-5-11(6-8-12)16(17,18)19/h2-8H,9H2,1H3. The molecule has 0 spiro atoms. The minimum absolute atomic E-state index is 0.173. The van der Waals surface area contributed by atoms with Crippen LogP contribution in [0.15, 0.2) is 42.5 Å². The maximum atomic E-state index is 12.6. The van der Waals surface area contributed by atoms with Gasteiger partial charge < -0.3 is 4.90 Å². The van der Waals surface area contributed by atoms with Crippen molar-refractivity contribution in [1.29, 1.82) is 0 Å². The van der Waals surface area contributed by atoms with Crippen molar-refractivity contribution in [2.24, 2.45) is 0 Å². The number of carbonyl (C=O) groups is 1. The minimum Gasteiger partial charge on any atom is -0.304 e. The van der Waals surface area contributed by atoms with Gasteiger partial charge in [0.2, 0.25) is 0 Å². The van der Waals surface area contributed by atoms with Crippen LogP contribution in [0, 0.1) is 6.92 Å². The predicted octanol–water partition coefficient (Wildman–Crippen LogP) is 4.17. The molecule has 0 saturated carbocycles. The van der Waals surface area contributed by atoms with Crippen LogP contribution in [-0.2, 0) is 12.7 Å². The second-order valence-corrected chi connectivity index (χ2v) is 5.04. The van der Waals surface area contributed by atoms with Gasteiger partial charge in [0.25, 0.3) is 5.91 Å². The molecule has 0 saturated heterocycles. The highest BCUT2D eigenvalue weighted by atomic mass is 19.4. The smallest absolute Gasteiger partial charge is 0.304 e. The Morgan fingerprint density at radius 3 is 2.29 bits per heavy atom. The van der Waals surface area contributed by atoms with Gasteiger partial charge in [0.1, 0.15) is 0 Å². The molecule has 0 aromatic heterocycles. The van der Waals surface area contributed by atoms with Gasteiger partial charge in [-0.3, -0.25) is 4.79 Å². The van der Waals surface area contributed by atoms with Gasteiger partial charge in [-0.05, 0) is 48.4 Å². The average Bonchev–Trinajstić information content (AvgIpc) is 2.77. The summed E-state index contributed by atoms with van der Waals surface area (Å²) in [6, 6.07) is 10.1. The van der Waals surface area contributed by atoms with Crippen LogP contribution in [0.1, 0.15) is 27.0 Å². The van der Waals surface area contributed by atoms with Gasteiger partial charge in [-0.15, -0.1) is 0 Å². The third-order valence-corrected chi connectivity index (χ3v) is 3.71. The zero-order valence-corrected chi connectivity index (χ0v) is 11.2. The van der Waals surface area contributed by atoms with Crippen LogP contribution in [-0.4, -0.2) is 5.91 Å². The molecular weight excluding hydrogens is 279 g/mol. The Morgan fingerprint density at radius 2 is 1.71 bits per heavy atom. The van der Waals surface area contributed by atoms with Gasteiger partial charge >= 0.3 is 6.18 Å². The first-order chi connectivity index (χ1) is 9.88. The highest BCUT2D eigenvalue weighted by molar-refractivity contribution is 6.10. The van der Waals surface area contributed by atoms with Crippen molar-refractivity contribution in [2.75, 3.05) is 4.90 Å². The lowest BCUT2D eigenvalue weighted by Crippen LogP contribution is -2.23. The number of hydrogen-bond acceptors (Lipinski definition) is 1. The van der Waals surface area contributed by atoms with E-state index in [4.69, 9.17) is 0 Å². The molecule has 1 heterocycles. The lowest BCUT2D eigenvalue weighted by atomic mass is 10.1. The van der Waals surface area contributed by atoms with E-state index in [1.165, 1.54) is 17.0 Å². The van der Waals surface area contributed by atoms with Gasteiger partial charge in [-0.1, -0.05) is 12.1 Å². The normalized spacial score (nSPS) is 14.5. The zero-order chi connectivity index (χ0) is 15.2. The van der Waals surface area contributed by atoms with Crippen LogP contribution in [0.5, 0.6) is 0 Å². The third-order valence-electron chi connectivity index (χ3n) is 3.71. The second kappa shape index (κ2) is 4.62. The molecule has 0 radical (unpaired) electrons. The fourth-order valence-electron chi connectivity index (χ4n) is 2.53. The molecule has 0 aliphatic carbocycles. The first-order valence-corrected chi connectivity index (χ1v) is 6.45. The van der Waals surface area contributed by atoms with E-state index in [9.17, 15) is 18.0 Å². The summed E-state index contributed by atoms with van der Waals surface area (Å²) in [6.07, 6.45) is -4.37. The van der Waals surface area contributed by atoms with Crippen molar-refractivity contribution in [3.63, 3.8) is 0 Å². The van der Waals surface area contributed by atoms with Crippen molar-refractivity contribution < 1.29 is 18.0 Å². The molecule has 0 unspecified atom stereocenters. The average molecular weight is 291 g/mol. The third kappa shape index (κ3) is 2.28. The quantitative estimate of drug-likeness (QED) is 0.772. The largest absolute Gasteiger partial charge is 0.416 e. The predicted molar refractivity (Wildman–Crippen MR) is 73.1 cm³/mol. The number of alkyl halides is 3. The van der Waals surface area contributed by atoms with Crippen molar-refractivity contribution >= 4 is 11.6 Å². The van der Waals surface area contributed by atoms with E-state index in [2.05, 4.69) is 0 Å². The highest BCUT2D eigenvalue weighted by Gasteiger charge is 2.32. The van der Waals surface area contributed by atoms with Crippen molar-refractivity contribution in [3.05, 3.63) is 64.7 Å². The Bertz CT molecular complexity index is 704. The fraction of sp³-hybridized carbons (Fsp3) is 0.188. The summed E-state index contributed by atoms with van der Waals surface area (Å²) < 4.78 is 37.7. The molecule has 0 fully saturated rings. The fourth-order valence-corrected chi connectivity index (χ4v) is 2.53. The number of aryl methyl sites for hydroxylation is 1. The highest BCUT2D eigenvalue weighted by Crippen LogP contribution is 2.33. The van der Waals surface area contributed by atoms with Crippen LogP contribution in [0.4, 0.5) is 18.9 Å². The van der Waals surface area contributed by atoms with E-state index in [1.54, 1.807) is 6.07 Å². The molecule has 1 aliphatic rings. The number of carbonyl (C=O) groups excluding carboxylic acids is 1. The van der Waals surface area contributed by atoms with Gasteiger partial charge in [-0.2, -0.15) is 13.2 Å². The van der Waals surface area contributed by atoms with Crippen LogP contribution in [0.2, 0.25) is 0 Å². The molecule has 5 heteroatoms. The maximum Gasteiger partial charge on any atom is 0.416 e. The number of nitrogens with zero attached hydrogens (tertiary/aromatic N) is 1. The molecule has 21 heavy (non-hydrogen) atoms. The number of benzene rings is 2. The number of halogens is 3. The lowest BCUT2D eigenvalue weighted by Gasteiger charge is -2.16. The maximum absolute atomic E-state index is 12.6. The molecule has 1 aliphatic heterocycles. The molecule has 0 atom stereocenters. The van der Waals surface area contributed by atoms with E-state index in [0.29, 0.717) is 17.8 Å². The van der Waals surface area contributed by atoms with Crippen LogP contribution in [0.3, 0.4) is 0 Å². The SMILES string of the molecule is Cc1cccc2c1CN(c1ccc(C(F)(F)F)cc1)C2=O. The Morgan fingerprint density at radius 1 is 1.05 bits per heavy atom. The summed E-state index contributed by atoms with van der Waals surface area (Å²) in [5.41, 5.74) is 2.32. The van der Waals surface area contributed by atoms with Gasteiger partial charge in [-0.25, -0.2) is 0 Å². The summed E-state index contributed by atoms with van der Waals surface area (Å²) >= 11 is 0. The Labute approximate surface area is 119 Å². The van der Waals surface area contributed by atoms with Crippen molar-refractivity contribution in [1.82, 2.24) is 0 Å². The number of amides is 1. The topological polar surface area (TPSA) is 20.3 Å². The summed E-state index contributed by atoms with van der Waals surface area (Å²) in [7, 11) is 0. The van der Waals surface area contributed by atoms with Crippen molar-refractivity contribution in [2.45, 2.75) is 19.6 Å². The van der Waals surface area contributed by atoms with E-state index in [0.717, 1.165) is 23.3 Å². The lowest BCUT2D eigenvalue weighted by molar-refractivity contribution is -0.137. The Balaban J connectivity index is 1.94. The number of rotatable bonds is 1. The Hall–Kier alpha value is -2.30. The number of hydrogen-bond donors (Lipinski definition) is 0. The summed E-state index contributed by atoms with van der Waals surface area (Å²) in [5.74, 6) is -0.173. The van der Waals surface area contributed by atoms with E-state index in [1.807, 2.05) is 19.1 Å². The molecule has 2 nitrogen and oxygen atoms in total. The minimum atomic E-state index is -4.37. The van der Waals surface area contributed by atoms with Gasteiger partial charge in [0.05, 0.1) is 12.1 Å². The number of anilines is 1. The van der Waals surface area contributed by atoms with E-state index >= 15 is 0 Å². The molecule has 2 aromatic rings. The molecule has 108 valence electrons. The van der Waals surface area contributed by atoms with E-state index in [-0.39, 0.29) is 5.91 Å². The molecular formula is C16H12F3NO. The summed E-state index contributed by atoms with van der Waals surface area (Å²) in [6.45, 7) is 2.31. The van der Waals surface area contributed by atoms with Crippen LogP contribution < -0.4 is 4.90 Å². The first-order valence-electron chi connectivity index (χ1n) is 6.45. The summed E-state index contributed by atoms with van der Waals surface area (Å²) in [4.78, 5) is 13.8. The van der Waals surface area contributed by atoms with Gasteiger partial charge in [0, 0.05) is 11.3 Å². The van der Waals surface area contributed by atoms with E-state index < -0.39 is 11.7 Å². The van der Waals surface area contributed by atoms with Gasteiger partial charge in [0.15, 0.2) is 0 Å². The monoisotopic (exact) mass is 291 g/mol. The van der Waals surface area contributed by atoms with Crippen LogP contribution >= 0.6 is 0 Å². The molecule has 1 amide bonds. The Kier molecular flexibility index (Phi) is 3.01. The van der Waals surface area contributed by atoms with Crippen molar-refractivity contribution in [3.8, 4) is 0 Å². The zero-order valence-electron chi connectivity index (χ0n) is 11.2.